The van der Waals surface area contributed by atoms with Crippen LogP contribution in [0.15, 0.2) is 72.8 Å². The van der Waals surface area contributed by atoms with Gasteiger partial charge in [-0.1, -0.05) is 66.7 Å². The van der Waals surface area contributed by atoms with E-state index in [4.69, 9.17) is 26.0 Å². The highest BCUT2D eigenvalue weighted by Crippen LogP contribution is 2.34. The second kappa shape index (κ2) is 13.6. The van der Waals surface area contributed by atoms with E-state index < -0.39 is 6.09 Å². The number of anilines is 2. The first-order chi connectivity index (χ1) is 21.6. The Bertz CT molecular complexity index is 1640. The molecule has 0 bridgehead atoms. The Balaban J connectivity index is 1.25. The monoisotopic (exact) mass is 592 g/mol. The molecule has 1 saturated heterocycles. The van der Waals surface area contributed by atoms with Gasteiger partial charge in [-0.3, -0.25) is 4.90 Å². The van der Waals surface area contributed by atoms with Crippen LogP contribution in [0.1, 0.15) is 23.2 Å². The molecule has 4 aromatic rings. The Kier molecular flexibility index (Phi) is 9.03. The summed E-state index contributed by atoms with van der Waals surface area (Å²) in [6.07, 6.45) is 0.817. The zero-order valence-corrected chi connectivity index (χ0v) is 24.6. The third kappa shape index (κ3) is 6.38. The van der Waals surface area contributed by atoms with Crippen molar-refractivity contribution >= 4 is 28.4 Å². The molecule has 3 aromatic carbocycles. The third-order valence-corrected chi connectivity index (χ3v) is 8.19. The van der Waals surface area contributed by atoms with E-state index in [0.29, 0.717) is 39.2 Å². The second-order valence-corrected chi connectivity index (χ2v) is 11.0. The highest BCUT2D eigenvalue weighted by Gasteiger charge is 2.36. The van der Waals surface area contributed by atoms with Gasteiger partial charge in [0, 0.05) is 55.8 Å². The van der Waals surface area contributed by atoms with Crippen molar-refractivity contribution in [3.05, 3.63) is 101 Å². The summed E-state index contributed by atoms with van der Waals surface area (Å²) in [5.74, 6) is 0.791. The molecular weight excluding hydrogens is 556 g/mol. The summed E-state index contributed by atoms with van der Waals surface area (Å²) in [5.41, 5.74) is 4.05. The standard InChI is InChI=1S/C34H36N6O4/c1-35-21-27-22-39(17-18-40(27)34(42)44-24-25-9-3-2-4-10-25)32-29-15-16-38(23-30(29)36-33(37-32)43-20-8-19-41)31-14-7-12-26-11-5-6-13-28(26)31/h2-7,9-14,27,41H,8,15-24H2. The molecular formula is C34H36N6O4. The first-order valence-corrected chi connectivity index (χ1v) is 15.1. The molecule has 44 heavy (non-hydrogen) atoms. The Morgan fingerprint density at radius 3 is 2.64 bits per heavy atom. The SMILES string of the molecule is [C-]#[N+]CC1CN(c2nc(OCCCO)nc3c2CCN(c2cccc4ccccc24)C3)CCN1C(=O)OCc1ccccc1. The molecule has 0 aliphatic carbocycles. The van der Waals surface area contributed by atoms with Crippen molar-refractivity contribution in [3.63, 3.8) is 0 Å². The minimum absolute atomic E-state index is 0.0211. The number of aliphatic hydroxyl groups is 1. The maximum absolute atomic E-state index is 13.1. The molecule has 2 aliphatic rings. The van der Waals surface area contributed by atoms with Gasteiger partial charge in [-0.15, -0.1) is 0 Å². The molecule has 1 amide bonds. The van der Waals surface area contributed by atoms with Crippen LogP contribution in [-0.4, -0.2) is 78.0 Å². The fraction of sp³-hybridized carbons (Fsp3) is 0.353. The van der Waals surface area contributed by atoms with E-state index in [1.165, 1.54) is 10.8 Å². The number of amides is 1. The van der Waals surface area contributed by atoms with E-state index in [0.717, 1.165) is 41.3 Å². The summed E-state index contributed by atoms with van der Waals surface area (Å²) >= 11 is 0. The quantitative estimate of drug-likeness (QED) is 0.221. The Labute approximate surface area is 257 Å². The van der Waals surface area contributed by atoms with Gasteiger partial charge in [0.2, 0.25) is 6.54 Å². The molecule has 226 valence electrons. The van der Waals surface area contributed by atoms with Crippen molar-refractivity contribution in [1.29, 1.82) is 0 Å². The molecule has 1 fully saturated rings. The Morgan fingerprint density at radius 2 is 1.80 bits per heavy atom. The van der Waals surface area contributed by atoms with Crippen molar-refractivity contribution in [2.75, 3.05) is 55.7 Å². The summed E-state index contributed by atoms with van der Waals surface area (Å²) in [4.78, 5) is 32.6. The first-order valence-electron chi connectivity index (χ1n) is 15.1. The van der Waals surface area contributed by atoms with Gasteiger partial charge in [-0.2, -0.15) is 9.97 Å². The lowest BCUT2D eigenvalue weighted by atomic mass is 10.0. The molecule has 1 aromatic heterocycles. The number of nitrogens with zero attached hydrogens (tertiary/aromatic N) is 6. The maximum atomic E-state index is 13.1. The van der Waals surface area contributed by atoms with E-state index in [2.05, 4.69) is 57.1 Å². The molecule has 2 aliphatic heterocycles. The fourth-order valence-corrected chi connectivity index (χ4v) is 5.98. The van der Waals surface area contributed by atoms with Crippen LogP contribution in [0.5, 0.6) is 6.01 Å². The van der Waals surface area contributed by atoms with Gasteiger partial charge in [-0.05, 0) is 23.4 Å². The molecule has 1 unspecified atom stereocenters. The molecule has 3 heterocycles. The van der Waals surface area contributed by atoms with Crippen LogP contribution in [0.25, 0.3) is 15.6 Å². The minimum Gasteiger partial charge on any atom is -0.463 e. The summed E-state index contributed by atoms with van der Waals surface area (Å²) in [6.45, 7) is 11.1. The van der Waals surface area contributed by atoms with Gasteiger partial charge in [0.25, 0.3) is 0 Å². The number of hydrogen-bond donors (Lipinski definition) is 1. The lowest BCUT2D eigenvalue weighted by Crippen LogP contribution is -2.57. The maximum Gasteiger partial charge on any atom is 0.410 e. The molecule has 6 rings (SSSR count). The molecule has 10 nitrogen and oxygen atoms in total. The van der Waals surface area contributed by atoms with Crippen molar-refractivity contribution in [2.24, 2.45) is 0 Å². The summed E-state index contributed by atoms with van der Waals surface area (Å²) in [7, 11) is 0. The Morgan fingerprint density at radius 1 is 0.977 bits per heavy atom. The zero-order chi connectivity index (χ0) is 30.3. The number of carbonyl (C=O) groups is 1. The number of ether oxygens (including phenoxy) is 2. The van der Waals surface area contributed by atoms with E-state index in [9.17, 15) is 9.90 Å². The number of benzene rings is 3. The van der Waals surface area contributed by atoms with Crippen molar-refractivity contribution in [3.8, 4) is 6.01 Å². The lowest BCUT2D eigenvalue weighted by molar-refractivity contribution is 0.0788. The van der Waals surface area contributed by atoms with Gasteiger partial charge >= 0.3 is 12.1 Å². The summed E-state index contributed by atoms with van der Waals surface area (Å²) in [5, 5.41) is 11.7. The predicted molar refractivity (Wildman–Crippen MR) is 169 cm³/mol. The number of aliphatic hydroxyl groups excluding tert-OH is 1. The van der Waals surface area contributed by atoms with Gasteiger partial charge in [-0.25, -0.2) is 11.4 Å². The molecule has 0 radical (unpaired) electrons. The van der Waals surface area contributed by atoms with Crippen LogP contribution in [0.2, 0.25) is 0 Å². The Hall–Kier alpha value is -4.88. The van der Waals surface area contributed by atoms with Crippen LogP contribution >= 0.6 is 0 Å². The topological polar surface area (TPSA) is 95.6 Å². The number of fused-ring (bicyclic) bond motifs is 2. The molecule has 1 atom stereocenters. The normalized spacial score (nSPS) is 16.4. The van der Waals surface area contributed by atoms with Gasteiger partial charge < -0.3 is 29.2 Å². The van der Waals surface area contributed by atoms with Gasteiger partial charge in [0.05, 0.1) is 18.8 Å². The molecule has 0 spiro atoms. The minimum atomic E-state index is -0.411. The van der Waals surface area contributed by atoms with Crippen LogP contribution in [0.3, 0.4) is 0 Å². The van der Waals surface area contributed by atoms with Crippen LogP contribution in [-0.2, 0) is 24.3 Å². The predicted octanol–water partition coefficient (Wildman–Crippen LogP) is 4.70. The largest absolute Gasteiger partial charge is 0.463 e. The smallest absolute Gasteiger partial charge is 0.410 e. The van der Waals surface area contributed by atoms with Crippen molar-refractivity contribution in [2.45, 2.75) is 32.0 Å². The van der Waals surface area contributed by atoms with Crippen molar-refractivity contribution < 1.29 is 19.4 Å². The molecule has 0 saturated carbocycles. The highest BCUT2D eigenvalue weighted by atomic mass is 16.6. The average Bonchev–Trinajstić information content (AvgIpc) is 3.07. The average molecular weight is 593 g/mol. The van der Waals surface area contributed by atoms with Crippen LogP contribution < -0.4 is 14.5 Å². The number of hydrogen-bond acceptors (Lipinski definition) is 8. The van der Waals surface area contributed by atoms with E-state index in [-0.39, 0.29) is 31.8 Å². The van der Waals surface area contributed by atoms with Gasteiger partial charge in [0.15, 0.2) is 0 Å². The lowest BCUT2D eigenvalue weighted by Gasteiger charge is -2.40. The fourth-order valence-electron chi connectivity index (χ4n) is 5.98. The number of carbonyl (C=O) groups excluding carboxylic acids is 1. The van der Waals surface area contributed by atoms with Gasteiger partial charge in [0.1, 0.15) is 18.5 Å². The van der Waals surface area contributed by atoms with Crippen LogP contribution in [0.4, 0.5) is 16.3 Å². The molecule has 10 heteroatoms. The second-order valence-electron chi connectivity index (χ2n) is 11.0. The van der Waals surface area contributed by atoms with E-state index in [1.807, 2.05) is 30.3 Å². The van der Waals surface area contributed by atoms with Crippen molar-refractivity contribution in [1.82, 2.24) is 14.9 Å². The number of aromatic nitrogens is 2. The number of rotatable bonds is 9. The molecule has 1 N–H and O–H groups in total. The van der Waals surface area contributed by atoms with Crippen LogP contribution in [0, 0.1) is 6.57 Å². The van der Waals surface area contributed by atoms with E-state index in [1.54, 1.807) is 4.90 Å². The highest BCUT2D eigenvalue weighted by molar-refractivity contribution is 5.94. The van der Waals surface area contributed by atoms with E-state index >= 15 is 0 Å². The first kappa shape index (κ1) is 29.2. The third-order valence-electron chi connectivity index (χ3n) is 8.19. The zero-order valence-electron chi connectivity index (χ0n) is 24.6. The number of piperazine rings is 1. The summed E-state index contributed by atoms with van der Waals surface area (Å²) in [6, 6.07) is 24.3. The summed E-state index contributed by atoms with van der Waals surface area (Å²) < 4.78 is 11.5.